The van der Waals surface area contributed by atoms with Crippen LogP contribution in [0.15, 0.2) is 84.9 Å². The number of rotatable bonds is 6. The van der Waals surface area contributed by atoms with Crippen molar-refractivity contribution in [2.24, 2.45) is 0 Å². The molecule has 4 rings (SSSR count). The number of hydrogen-bond acceptors (Lipinski definition) is 1. The molecule has 1 atom stereocenters. The second kappa shape index (κ2) is 10.4. The summed E-state index contributed by atoms with van der Waals surface area (Å²) in [4.78, 5) is 0. The molecule has 6 heteroatoms. The standard InChI is InChI=1S/C27H23F4N.ClH/c1-18(21-6-4-7-24(28)17-21)32-14-13-19-15-22-5-2-3-8-25(22)26(16-19)20-9-11-23(12-10-20)27(29,30)31;/h2-12,15-18,32H,13-14H2,1H3;1H. The van der Waals surface area contributed by atoms with E-state index in [0.29, 0.717) is 6.54 Å². The number of hydrogen-bond donors (Lipinski definition) is 1. The van der Waals surface area contributed by atoms with Gasteiger partial charge in [-0.15, -0.1) is 12.4 Å². The number of alkyl halides is 3. The molecule has 0 aliphatic carbocycles. The minimum atomic E-state index is -4.35. The van der Waals surface area contributed by atoms with E-state index in [1.54, 1.807) is 6.07 Å². The summed E-state index contributed by atoms with van der Waals surface area (Å²) in [6, 6.07) is 23.9. The molecule has 1 unspecified atom stereocenters. The van der Waals surface area contributed by atoms with Gasteiger partial charge in [-0.05, 0) is 77.2 Å². The second-order valence-corrected chi connectivity index (χ2v) is 7.92. The van der Waals surface area contributed by atoms with Crippen LogP contribution in [0.2, 0.25) is 0 Å². The molecule has 0 aromatic heterocycles. The van der Waals surface area contributed by atoms with Crippen molar-refractivity contribution in [1.82, 2.24) is 5.32 Å². The summed E-state index contributed by atoms with van der Waals surface area (Å²) in [6.07, 6.45) is -3.62. The molecule has 172 valence electrons. The third-order valence-electron chi connectivity index (χ3n) is 5.66. The first-order valence-corrected chi connectivity index (χ1v) is 10.5. The molecule has 1 N–H and O–H groups in total. The summed E-state index contributed by atoms with van der Waals surface area (Å²) < 4.78 is 52.4. The lowest BCUT2D eigenvalue weighted by Crippen LogP contribution is -2.21. The average molecular weight is 474 g/mol. The van der Waals surface area contributed by atoms with Gasteiger partial charge in [-0.3, -0.25) is 0 Å². The van der Waals surface area contributed by atoms with Crippen LogP contribution in [0.25, 0.3) is 21.9 Å². The highest BCUT2D eigenvalue weighted by Gasteiger charge is 2.30. The predicted molar refractivity (Wildman–Crippen MR) is 128 cm³/mol. The van der Waals surface area contributed by atoms with Crippen molar-refractivity contribution in [2.45, 2.75) is 25.6 Å². The third-order valence-corrected chi connectivity index (χ3v) is 5.66. The fourth-order valence-electron chi connectivity index (χ4n) is 3.92. The van der Waals surface area contributed by atoms with Gasteiger partial charge in [-0.25, -0.2) is 4.39 Å². The van der Waals surface area contributed by atoms with Crippen LogP contribution in [0.1, 0.15) is 29.7 Å². The van der Waals surface area contributed by atoms with Crippen LogP contribution in [-0.4, -0.2) is 6.54 Å². The Bertz CT molecular complexity index is 1220. The lowest BCUT2D eigenvalue weighted by molar-refractivity contribution is -0.137. The fraction of sp³-hybridized carbons (Fsp3) is 0.185. The predicted octanol–water partition coefficient (Wildman–Crippen LogP) is 7.98. The zero-order valence-corrected chi connectivity index (χ0v) is 18.8. The lowest BCUT2D eigenvalue weighted by Gasteiger charge is -2.16. The van der Waals surface area contributed by atoms with Gasteiger partial charge in [0.15, 0.2) is 0 Å². The maximum Gasteiger partial charge on any atom is 0.416 e. The molecule has 0 saturated carbocycles. The van der Waals surface area contributed by atoms with Crippen molar-refractivity contribution in [3.63, 3.8) is 0 Å². The van der Waals surface area contributed by atoms with Crippen LogP contribution in [-0.2, 0) is 12.6 Å². The molecular weight excluding hydrogens is 450 g/mol. The van der Waals surface area contributed by atoms with Crippen molar-refractivity contribution < 1.29 is 17.6 Å². The monoisotopic (exact) mass is 473 g/mol. The van der Waals surface area contributed by atoms with E-state index in [-0.39, 0.29) is 24.3 Å². The van der Waals surface area contributed by atoms with Crippen LogP contribution >= 0.6 is 12.4 Å². The molecule has 0 saturated heterocycles. The number of halogens is 5. The highest BCUT2D eigenvalue weighted by molar-refractivity contribution is 5.97. The summed E-state index contributed by atoms with van der Waals surface area (Å²) in [6.45, 7) is 2.67. The number of benzene rings is 4. The van der Waals surface area contributed by atoms with E-state index in [2.05, 4.69) is 11.4 Å². The molecule has 0 radical (unpaired) electrons. The fourth-order valence-corrected chi connectivity index (χ4v) is 3.92. The average Bonchev–Trinajstić information content (AvgIpc) is 2.78. The Labute approximate surface area is 196 Å². The number of fused-ring (bicyclic) bond motifs is 1. The highest BCUT2D eigenvalue weighted by Crippen LogP contribution is 2.34. The maximum absolute atomic E-state index is 13.5. The van der Waals surface area contributed by atoms with Crippen LogP contribution in [0.3, 0.4) is 0 Å². The third kappa shape index (κ3) is 5.92. The van der Waals surface area contributed by atoms with Crippen molar-refractivity contribution in [3.8, 4) is 11.1 Å². The van der Waals surface area contributed by atoms with E-state index in [0.717, 1.165) is 51.6 Å². The smallest absolute Gasteiger partial charge is 0.310 e. The lowest BCUT2D eigenvalue weighted by atomic mass is 9.94. The van der Waals surface area contributed by atoms with Gasteiger partial charge in [0.25, 0.3) is 0 Å². The molecule has 4 aromatic carbocycles. The van der Waals surface area contributed by atoms with Crippen LogP contribution < -0.4 is 5.32 Å². The minimum Gasteiger partial charge on any atom is -0.310 e. The molecule has 0 spiro atoms. The highest BCUT2D eigenvalue weighted by atomic mass is 35.5. The zero-order chi connectivity index (χ0) is 22.7. The molecule has 0 aliphatic rings. The van der Waals surface area contributed by atoms with Gasteiger partial charge in [-0.2, -0.15) is 13.2 Å². The number of nitrogens with one attached hydrogen (secondary N) is 1. The van der Waals surface area contributed by atoms with E-state index in [9.17, 15) is 17.6 Å². The summed E-state index contributed by atoms with van der Waals surface area (Å²) in [5.41, 5.74) is 2.96. The Morgan fingerprint density at radius 1 is 0.848 bits per heavy atom. The molecule has 0 aliphatic heterocycles. The Kier molecular flexibility index (Phi) is 7.77. The van der Waals surface area contributed by atoms with Crippen LogP contribution in [0.4, 0.5) is 17.6 Å². The summed E-state index contributed by atoms with van der Waals surface area (Å²) in [5, 5.41) is 5.45. The zero-order valence-electron chi connectivity index (χ0n) is 18.0. The van der Waals surface area contributed by atoms with Crippen LogP contribution in [0, 0.1) is 5.82 Å². The quantitative estimate of drug-likeness (QED) is 0.280. The molecule has 4 aromatic rings. The van der Waals surface area contributed by atoms with Gasteiger partial charge >= 0.3 is 6.18 Å². The Morgan fingerprint density at radius 2 is 1.58 bits per heavy atom. The van der Waals surface area contributed by atoms with Gasteiger partial charge < -0.3 is 5.32 Å². The molecule has 0 amide bonds. The Morgan fingerprint density at radius 3 is 2.27 bits per heavy atom. The van der Waals surface area contributed by atoms with E-state index < -0.39 is 11.7 Å². The van der Waals surface area contributed by atoms with Gasteiger partial charge in [0.2, 0.25) is 0 Å². The van der Waals surface area contributed by atoms with Crippen molar-refractivity contribution in [1.29, 1.82) is 0 Å². The molecule has 0 bridgehead atoms. The van der Waals surface area contributed by atoms with Gasteiger partial charge in [0, 0.05) is 6.04 Å². The first-order chi connectivity index (χ1) is 15.3. The normalized spacial score (nSPS) is 12.4. The van der Waals surface area contributed by atoms with E-state index in [4.69, 9.17) is 0 Å². The van der Waals surface area contributed by atoms with E-state index in [1.165, 1.54) is 24.3 Å². The van der Waals surface area contributed by atoms with Crippen LogP contribution in [0.5, 0.6) is 0 Å². The molecule has 0 heterocycles. The maximum atomic E-state index is 13.5. The largest absolute Gasteiger partial charge is 0.416 e. The van der Waals surface area contributed by atoms with Gasteiger partial charge in [0.05, 0.1) is 5.56 Å². The molecule has 0 fully saturated rings. The first kappa shape index (κ1) is 24.7. The topological polar surface area (TPSA) is 12.0 Å². The second-order valence-electron chi connectivity index (χ2n) is 7.92. The molecule has 33 heavy (non-hydrogen) atoms. The van der Waals surface area contributed by atoms with Crippen molar-refractivity contribution in [2.75, 3.05) is 6.54 Å². The molecule has 1 nitrogen and oxygen atoms in total. The minimum absolute atomic E-state index is 0. The molecular formula is C27H24ClF4N. The summed E-state index contributed by atoms with van der Waals surface area (Å²) in [7, 11) is 0. The first-order valence-electron chi connectivity index (χ1n) is 10.5. The van der Waals surface area contributed by atoms with Crippen molar-refractivity contribution >= 4 is 23.2 Å². The van der Waals surface area contributed by atoms with E-state index in [1.807, 2.05) is 43.3 Å². The Hall–Kier alpha value is -2.89. The van der Waals surface area contributed by atoms with Gasteiger partial charge in [0.1, 0.15) is 5.82 Å². The summed E-state index contributed by atoms with van der Waals surface area (Å²) >= 11 is 0. The summed E-state index contributed by atoms with van der Waals surface area (Å²) in [5.74, 6) is -0.258. The van der Waals surface area contributed by atoms with E-state index >= 15 is 0 Å². The van der Waals surface area contributed by atoms with Crippen molar-refractivity contribution in [3.05, 3.63) is 107 Å². The van der Waals surface area contributed by atoms with Gasteiger partial charge in [-0.1, -0.05) is 60.7 Å². The Balaban J connectivity index is 0.00000306. The SMILES string of the molecule is CC(NCCc1cc(-c2ccc(C(F)(F)F)cc2)c2ccccc2c1)c1cccc(F)c1.Cl.